The monoisotopic (exact) mass is 536 g/mol. The molecule has 0 bridgehead atoms. The molecule has 202 valence electrons. The summed E-state index contributed by atoms with van der Waals surface area (Å²) in [5.41, 5.74) is 6.89. The minimum absolute atomic E-state index is 0.0841. The van der Waals surface area contributed by atoms with Crippen molar-refractivity contribution in [2.75, 3.05) is 32.9 Å². The van der Waals surface area contributed by atoms with Crippen molar-refractivity contribution in [2.24, 2.45) is 0 Å². The molecule has 0 amide bonds. The van der Waals surface area contributed by atoms with E-state index in [4.69, 9.17) is 29.2 Å². The summed E-state index contributed by atoms with van der Waals surface area (Å²) in [6.07, 6.45) is 1.78. The maximum absolute atomic E-state index is 14.0. The maximum Gasteiger partial charge on any atom is 0.342 e. The maximum atomic E-state index is 14.0. The molecule has 13 nitrogen and oxygen atoms in total. The summed E-state index contributed by atoms with van der Waals surface area (Å²) in [6.45, 7) is 5.50. The second-order valence-electron chi connectivity index (χ2n) is 8.50. The van der Waals surface area contributed by atoms with Crippen LogP contribution in [0.4, 0.5) is 5.82 Å². The third kappa shape index (κ3) is 7.86. The van der Waals surface area contributed by atoms with E-state index in [2.05, 4.69) is 20.0 Å². The number of hydrogen-bond acceptors (Lipinski definition) is 11. The predicted molar refractivity (Wildman–Crippen MR) is 136 cm³/mol. The van der Waals surface area contributed by atoms with Crippen molar-refractivity contribution in [1.29, 1.82) is 0 Å². The smallest absolute Gasteiger partial charge is 0.342 e. The van der Waals surface area contributed by atoms with Gasteiger partial charge in [-0.2, -0.15) is 0 Å². The van der Waals surface area contributed by atoms with Crippen LogP contribution in [-0.2, 0) is 30.1 Å². The third-order valence-electron chi connectivity index (χ3n) is 5.05. The first kappa shape index (κ1) is 28.3. The Kier molecular flexibility index (Phi) is 9.81. The fourth-order valence-corrected chi connectivity index (χ4v) is 5.11. The molecule has 0 aliphatic heterocycles. The molecule has 1 aromatic carbocycles. The van der Waals surface area contributed by atoms with E-state index in [0.717, 1.165) is 0 Å². The number of esters is 1. The molecule has 2 heterocycles. The number of nitrogens with one attached hydrogen (secondary N) is 1. The summed E-state index contributed by atoms with van der Waals surface area (Å²) in [4.78, 5) is 25.0. The number of anilines is 1. The van der Waals surface area contributed by atoms with Crippen molar-refractivity contribution in [3.63, 3.8) is 0 Å². The van der Waals surface area contributed by atoms with E-state index in [1.54, 1.807) is 55.9 Å². The van der Waals surface area contributed by atoms with Gasteiger partial charge in [-0.1, -0.05) is 0 Å². The Hall–Kier alpha value is -3.25. The number of nitrogens with two attached hydrogens (primary N) is 1. The molecule has 3 atom stereocenters. The number of ether oxygens (including phenoxy) is 4. The summed E-state index contributed by atoms with van der Waals surface area (Å²) >= 11 is 0. The van der Waals surface area contributed by atoms with Crippen LogP contribution < -0.4 is 20.1 Å². The fourth-order valence-electron chi connectivity index (χ4n) is 3.36. The van der Waals surface area contributed by atoms with Crippen molar-refractivity contribution in [3.8, 4) is 11.5 Å². The van der Waals surface area contributed by atoms with E-state index in [-0.39, 0.29) is 24.9 Å². The molecule has 3 aromatic rings. The molecule has 0 spiro atoms. The van der Waals surface area contributed by atoms with E-state index in [1.165, 1.54) is 20.5 Å². The topological polar surface area (TPSA) is 162 Å². The number of nitrogen functional groups attached to an aromatic ring is 1. The van der Waals surface area contributed by atoms with E-state index in [0.29, 0.717) is 29.2 Å². The summed E-state index contributed by atoms with van der Waals surface area (Å²) < 4.78 is 43.1. The minimum Gasteiger partial charge on any atom is -0.497 e. The number of rotatable bonds is 14. The second-order valence-corrected chi connectivity index (χ2v) is 10.5. The number of hydrogen-bond donors (Lipinski definition) is 2. The Morgan fingerprint density at radius 1 is 1.11 bits per heavy atom. The summed E-state index contributed by atoms with van der Waals surface area (Å²) in [7, 11) is -0.846. The predicted octanol–water partition coefficient (Wildman–Crippen LogP) is 2.61. The van der Waals surface area contributed by atoms with Gasteiger partial charge < -0.3 is 33.8 Å². The molecule has 3 rings (SSSR count). The molecule has 3 N–H and O–H groups in total. The summed E-state index contributed by atoms with van der Waals surface area (Å²) in [5, 5.41) is 2.79. The average Bonchev–Trinajstić information content (AvgIpc) is 3.26. The number of imidazole rings is 1. The first-order valence-electron chi connectivity index (χ1n) is 11.6. The van der Waals surface area contributed by atoms with E-state index in [1.807, 2.05) is 0 Å². The lowest BCUT2D eigenvalue weighted by molar-refractivity contribution is -0.150. The number of fused-ring (bicyclic) bond motifs is 1. The lowest BCUT2D eigenvalue weighted by Crippen LogP contribution is -2.42. The largest absolute Gasteiger partial charge is 0.497 e. The van der Waals surface area contributed by atoms with Crippen molar-refractivity contribution < 1.29 is 32.8 Å². The lowest BCUT2D eigenvalue weighted by Gasteiger charge is -2.26. The molecular weight excluding hydrogens is 503 g/mol. The van der Waals surface area contributed by atoms with Crippen LogP contribution in [0, 0.1) is 0 Å². The quantitative estimate of drug-likeness (QED) is 0.229. The fraction of sp³-hybridized carbons (Fsp3) is 0.478. The second kappa shape index (κ2) is 12.8. The van der Waals surface area contributed by atoms with E-state index < -0.39 is 25.6 Å². The highest BCUT2D eigenvalue weighted by Crippen LogP contribution is 2.44. The van der Waals surface area contributed by atoms with Crippen molar-refractivity contribution in [1.82, 2.24) is 24.6 Å². The van der Waals surface area contributed by atoms with Gasteiger partial charge >= 0.3 is 13.5 Å². The van der Waals surface area contributed by atoms with Crippen LogP contribution in [-0.4, -0.2) is 70.9 Å². The molecule has 2 aromatic heterocycles. The molecule has 0 aliphatic rings. The number of aromatic nitrogens is 4. The number of nitrogens with zero attached hydrogens (tertiary/aromatic N) is 4. The molecule has 0 saturated heterocycles. The molecule has 1 unspecified atom stereocenters. The Labute approximate surface area is 215 Å². The standard InChI is InChI=1S/C23H33N6O7P/c1-15(2)35-23(30)19(11-32-4)28-37(31,36-18-8-6-17(33-5)7-9-18)14-34-16(3)10-29-13-27-20-21(24)25-12-26-22(20)29/h6-9,12-13,15-16,19H,10-11,14H2,1-5H3,(H,28,31)(H2,24,25,26)/t16-,19+,37?/m1/s1. The molecule has 0 radical (unpaired) electrons. The molecule has 0 saturated carbocycles. The van der Waals surface area contributed by atoms with E-state index >= 15 is 0 Å². The molecule has 37 heavy (non-hydrogen) atoms. The van der Waals surface area contributed by atoms with Crippen LogP contribution in [0.5, 0.6) is 11.5 Å². The van der Waals surface area contributed by atoms with Crippen molar-refractivity contribution >= 4 is 30.5 Å². The van der Waals surface area contributed by atoms with Crippen LogP contribution in [0.15, 0.2) is 36.9 Å². The highest BCUT2D eigenvalue weighted by atomic mass is 31.2. The highest BCUT2D eigenvalue weighted by molar-refractivity contribution is 7.57. The van der Waals surface area contributed by atoms with Crippen molar-refractivity contribution in [2.45, 2.75) is 45.6 Å². The number of methoxy groups -OCH3 is 2. The SMILES string of the molecule is COC[C@H](NP(=O)(CO[C@H](C)Cn1cnc2c(N)ncnc21)Oc1ccc(OC)cc1)C(=O)OC(C)C. The zero-order chi connectivity index (χ0) is 27.0. The van der Waals surface area contributed by atoms with Crippen molar-refractivity contribution in [3.05, 3.63) is 36.9 Å². The number of carbonyl (C=O) groups is 1. The Balaban J connectivity index is 1.77. The first-order valence-corrected chi connectivity index (χ1v) is 13.4. The minimum atomic E-state index is -3.81. The van der Waals surface area contributed by atoms with Gasteiger partial charge in [-0.05, 0) is 45.0 Å². The first-order chi connectivity index (χ1) is 17.6. The van der Waals surface area contributed by atoms with Crippen LogP contribution in [0.25, 0.3) is 11.2 Å². The van der Waals surface area contributed by atoms with Gasteiger partial charge in [-0.3, -0.25) is 9.36 Å². The molecule has 14 heteroatoms. The van der Waals surface area contributed by atoms with Gasteiger partial charge in [0.15, 0.2) is 11.5 Å². The zero-order valence-electron chi connectivity index (χ0n) is 21.5. The van der Waals surface area contributed by atoms with Gasteiger partial charge in [-0.25, -0.2) is 20.0 Å². The zero-order valence-corrected chi connectivity index (χ0v) is 22.4. The third-order valence-corrected chi connectivity index (χ3v) is 6.75. The average molecular weight is 537 g/mol. The number of benzene rings is 1. The summed E-state index contributed by atoms with van der Waals surface area (Å²) in [6, 6.07) is 5.50. The highest BCUT2D eigenvalue weighted by Gasteiger charge is 2.34. The van der Waals surface area contributed by atoms with Crippen LogP contribution >= 0.6 is 7.52 Å². The van der Waals surface area contributed by atoms with Crippen LogP contribution in [0.1, 0.15) is 20.8 Å². The van der Waals surface area contributed by atoms with Gasteiger partial charge in [-0.15, -0.1) is 0 Å². The normalized spacial score (nSPS) is 14.8. The Bertz CT molecular complexity index is 1220. The molecule has 0 aliphatic carbocycles. The van der Waals surface area contributed by atoms with Gasteiger partial charge in [0.25, 0.3) is 0 Å². The van der Waals surface area contributed by atoms with Gasteiger partial charge in [0.1, 0.15) is 35.7 Å². The lowest BCUT2D eigenvalue weighted by atomic mass is 10.3. The van der Waals surface area contributed by atoms with Gasteiger partial charge in [0, 0.05) is 7.11 Å². The van der Waals surface area contributed by atoms with Gasteiger partial charge in [0.2, 0.25) is 0 Å². The van der Waals surface area contributed by atoms with Crippen LogP contribution in [0.2, 0.25) is 0 Å². The van der Waals surface area contributed by atoms with Crippen LogP contribution in [0.3, 0.4) is 0 Å². The van der Waals surface area contributed by atoms with Gasteiger partial charge in [0.05, 0.1) is 38.8 Å². The van der Waals surface area contributed by atoms with E-state index in [9.17, 15) is 9.36 Å². The Morgan fingerprint density at radius 3 is 2.46 bits per heavy atom. The molecule has 0 fully saturated rings. The Morgan fingerprint density at radius 2 is 1.81 bits per heavy atom. The molecular formula is C23H33N6O7P. The number of carbonyl (C=O) groups excluding carboxylic acids is 1. The summed E-state index contributed by atoms with van der Waals surface area (Å²) in [5.74, 6) is 0.561.